The van der Waals surface area contributed by atoms with Gasteiger partial charge in [-0.2, -0.15) is 0 Å². The Morgan fingerprint density at radius 2 is 2.07 bits per heavy atom. The molecule has 5 nitrogen and oxygen atoms in total. The van der Waals surface area contributed by atoms with E-state index in [-0.39, 0.29) is 22.9 Å². The average molecular weight is 384 g/mol. The summed E-state index contributed by atoms with van der Waals surface area (Å²) >= 11 is 0. The normalized spacial score (nSPS) is 17.8. The van der Waals surface area contributed by atoms with Crippen molar-refractivity contribution in [3.63, 3.8) is 0 Å². The number of halogens is 1. The molecule has 0 aromatic heterocycles. The smallest absolute Gasteiger partial charge is 0.189 e. The molecule has 0 amide bonds. The lowest BCUT2D eigenvalue weighted by atomic mass is 10.0. The summed E-state index contributed by atoms with van der Waals surface area (Å²) in [6.07, 6.45) is 2.98. The van der Waals surface area contributed by atoms with Gasteiger partial charge >= 0.3 is 0 Å². The first-order valence-corrected chi connectivity index (χ1v) is 9.31. The van der Waals surface area contributed by atoms with Crippen molar-refractivity contribution in [1.82, 2.24) is 10.2 Å². The van der Waals surface area contributed by atoms with Crippen LogP contribution >= 0.6 is 0 Å². The number of hydrogen-bond donors (Lipinski definition) is 2. The zero-order chi connectivity index (χ0) is 20.1. The molecule has 2 N–H and O–H groups in total. The lowest BCUT2D eigenvalue weighted by Crippen LogP contribution is -2.49. The molecule has 1 saturated heterocycles. The van der Waals surface area contributed by atoms with Gasteiger partial charge in [0, 0.05) is 32.2 Å². The van der Waals surface area contributed by atoms with Gasteiger partial charge in [-0.05, 0) is 42.8 Å². The molecule has 6 heteroatoms. The van der Waals surface area contributed by atoms with E-state index in [0.29, 0.717) is 29.5 Å². The maximum atomic E-state index is 13.0. The number of nitrogens with one attached hydrogen (secondary N) is 1. The topological polar surface area (TPSA) is 61.8 Å². The summed E-state index contributed by atoms with van der Waals surface area (Å²) in [5.74, 6) is -0.150. The standard InChI is InChI=1S/C22H25FN2O3/c1-15-13-24-11-12-25(15)14-19-21(28-2)10-8-18(22(19)27)20(26)9-5-16-3-6-17(23)7-4-16/h3-10,15,24,27H,11-14H2,1-2H3/b9-5+. The van der Waals surface area contributed by atoms with Crippen LogP contribution < -0.4 is 10.1 Å². The minimum absolute atomic E-state index is 0.0566. The molecule has 0 radical (unpaired) electrons. The Labute approximate surface area is 164 Å². The van der Waals surface area contributed by atoms with Crippen LogP contribution in [0, 0.1) is 5.82 Å². The molecule has 3 rings (SSSR count). The highest BCUT2D eigenvalue weighted by atomic mass is 19.1. The van der Waals surface area contributed by atoms with E-state index in [1.807, 2.05) is 0 Å². The SMILES string of the molecule is COc1ccc(C(=O)/C=C/c2ccc(F)cc2)c(O)c1CN1CCNCC1C. The zero-order valence-electron chi connectivity index (χ0n) is 16.1. The van der Waals surface area contributed by atoms with Crippen molar-refractivity contribution in [1.29, 1.82) is 0 Å². The number of phenols is 1. The first kappa shape index (κ1) is 20.0. The fraction of sp³-hybridized carbons (Fsp3) is 0.318. The summed E-state index contributed by atoms with van der Waals surface area (Å²) in [6.45, 7) is 5.23. The fourth-order valence-corrected chi connectivity index (χ4v) is 3.32. The number of allylic oxidation sites excluding steroid dienone is 1. The molecule has 0 bridgehead atoms. The maximum absolute atomic E-state index is 13.0. The van der Waals surface area contributed by atoms with Gasteiger partial charge in [0.25, 0.3) is 0 Å². The molecular weight excluding hydrogens is 359 g/mol. The minimum Gasteiger partial charge on any atom is -0.507 e. The molecule has 1 atom stereocenters. The number of ether oxygens (including phenoxy) is 1. The number of nitrogens with zero attached hydrogens (tertiary/aromatic N) is 1. The Balaban J connectivity index is 1.84. The van der Waals surface area contributed by atoms with Crippen molar-refractivity contribution in [3.8, 4) is 11.5 Å². The van der Waals surface area contributed by atoms with Crippen molar-refractivity contribution in [3.05, 3.63) is 65.0 Å². The molecule has 1 aliphatic heterocycles. The van der Waals surface area contributed by atoms with Gasteiger partial charge in [0.2, 0.25) is 0 Å². The lowest BCUT2D eigenvalue weighted by Gasteiger charge is -2.34. The quantitative estimate of drug-likeness (QED) is 0.592. The third-order valence-corrected chi connectivity index (χ3v) is 5.02. The molecule has 1 heterocycles. The van der Waals surface area contributed by atoms with Crippen LogP contribution in [-0.2, 0) is 6.54 Å². The van der Waals surface area contributed by atoms with Crippen LogP contribution in [-0.4, -0.2) is 48.6 Å². The molecule has 0 spiro atoms. The van der Waals surface area contributed by atoms with Crippen LogP contribution in [0.2, 0.25) is 0 Å². The molecule has 0 saturated carbocycles. The summed E-state index contributed by atoms with van der Waals surface area (Å²) in [5.41, 5.74) is 1.53. The second-order valence-electron chi connectivity index (χ2n) is 6.92. The van der Waals surface area contributed by atoms with E-state index in [9.17, 15) is 14.3 Å². The average Bonchev–Trinajstić information content (AvgIpc) is 2.70. The summed E-state index contributed by atoms with van der Waals surface area (Å²) in [6, 6.07) is 9.44. The number of rotatable bonds is 6. The highest BCUT2D eigenvalue weighted by Crippen LogP contribution is 2.33. The number of benzene rings is 2. The number of methoxy groups -OCH3 is 1. The number of piperazine rings is 1. The highest BCUT2D eigenvalue weighted by molar-refractivity contribution is 6.09. The van der Waals surface area contributed by atoms with Gasteiger partial charge < -0.3 is 15.2 Å². The summed E-state index contributed by atoms with van der Waals surface area (Å²) < 4.78 is 18.4. The number of aromatic hydroxyl groups is 1. The third kappa shape index (κ3) is 4.58. The van der Waals surface area contributed by atoms with E-state index >= 15 is 0 Å². The van der Waals surface area contributed by atoms with E-state index < -0.39 is 0 Å². The first-order chi connectivity index (χ1) is 13.5. The van der Waals surface area contributed by atoms with E-state index in [0.717, 1.165) is 19.6 Å². The molecule has 2 aromatic rings. The van der Waals surface area contributed by atoms with Gasteiger partial charge in [-0.15, -0.1) is 0 Å². The van der Waals surface area contributed by atoms with Crippen LogP contribution in [0.15, 0.2) is 42.5 Å². The third-order valence-electron chi connectivity index (χ3n) is 5.02. The van der Waals surface area contributed by atoms with E-state index in [4.69, 9.17) is 4.74 Å². The predicted molar refractivity (Wildman–Crippen MR) is 107 cm³/mol. The Morgan fingerprint density at radius 1 is 1.32 bits per heavy atom. The first-order valence-electron chi connectivity index (χ1n) is 9.31. The maximum Gasteiger partial charge on any atom is 0.189 e. The molecule has 1 unspecified atom stereocenters. The summed E-state index contributed by atoms with van der Waals surface area (Å²) in [7, 11) is 1.55. The van der Waals surface area contributed by atoms with E-state index in [1.54, 1.807) is 37.5 Å². The number of hydrogen-bond acceptors (Lipinski definition) is 5. The number of phenolic OH excluding ortho intramolecular Hbond substituents is 1. The summed E-state index contributed by atoms with van der Waals surface area (Å²) in [4.78, 5) is 14.9. The van der Waals surface area contributed by atoms with Crippen molar-refractivity contribution in [2.24, 2.45) is 0 Å². The van der Waals surface area contributed by atoms with Crippen molar-refractivity contribution >= 4 is 11.9 Å². The van der Waals surface area contributed by atoms with Gasteiger partial charge in [-0.1, -0.05) is 18.2 Å². The molecule has 28 heavy (non-hydrogen) atoms. The molecule has 1 fully saturated rings. The van der Waals surface area contributed by atoms with Crippen LogP contribution in [0.4, 0.5) is 4.39 Å². The van der Waals surface area contributed by atoms with Crippen molar-refractivity contribution in [2.75, 3.05) is 26.7 Å². The zero-order valence-corrected chi connectivity index (χ0v) is 16.1. The summed E-state index contributed by atoms with van der Waals surface area (Å²) in [5, 5.41) is 14.1. The van der Waals surface area contributed by atoms with E-state index in [2.05, 4.69) is 17.1 Å². The molecule has 2 aromatic carbocycles. The van der Waals surface area contributed by atoms with Gasteiger partial charge in [0.05, 0.1) is 18.2 Å². The number of carbonyl (C=O) groups excluding carboxylic acids is 1. The van der Waals surface area contributed by atoms with Crippen molar-refractivity contribution in [2.45, 2.75) is 19.5 Å². The number of carbonyl (C=O) groups is 1. The van der Waals surface area contributed by atoms with Crippen LogP contribution in [0.1, 0.15) is 28.4 Å². The molecular formula is C22H25FN2O3. The fourth-order valence-electron chi connectivity index (χ4n) is 3.32. The lowest BCUT2D eigenvalue weighted by molar-refractivity contribution is 0.104. The Morgan fingerprint density at radius 3 is 2.75 bits per heavy atom. The van der Waals surface area contributed by atoms with Crippen molar-refractivity contribution < 1.29 is 19.0 Å². The predicted octanol–water partition coefficient (Wildman–Crippen LogP) is 3.23. The second kappa shape index (κ2) is 8.99. The Kier molecular flexibility index (Phi) is 6.44. The Bertz CT molecular complexity index is 865. The van der Waals surface area contributed by atoms with Crippen LogP contribution in [0.3, 0.4) is 0 Å². The minimum atomic E-state index is -0.331. The highest BCUT2D eigenvalue weighted by Gasteiger charge is 2.23. The van der Waals surface area contributed by atoms with Gasteiger partial charge in [0.1, 0.15) is 17.3 Å². The second-order valence-corrected chi connectivity index (χ2v) is 6.92. The largest absolute Gasteiger partial charge is 0.507 e. The molecule has 148 valence electrons. The monoisotopic (exact) mass is 384 g/mol. The van der Waals surface area contributed by atoms with Gasteiger partial charge in [-0.25, -0.2) is 4.39 Å². The van der Waals surface area contributed by atoms with Gasteiger partial charge in [0.15, 0.2) is 5.78 Å². The molecule has 1 aliphatic rings. The van der Waals surface area contributed by atoms with Crippen LogP contribution in [0.5, 0.6) is 11.5 Å². The van der Waals surface area contributed by atoms with Gasteiger partial charge in [-0.3, -0.25) is 9.69 Å². The Hall–Kier alpha value is -2.70. The van der Waals surface area contributed by atoms with E-state index in [1.165, 1.54) is 18.2 Å². The van der Waals surface area contributed by atoms with Crippen LogP contribution in [0.25, 0.3) is 6.08 Å². The number of ketones is 1. The molecule has 0 aliphatic carbocycles.